The monoisotopic (exact) mass is 824 g/mol. The van der Waals surface area contributed by atoms with Gasteiger partial charge >= 0.3 is 4.32 Å². The molecule has 10 heteroatoms. The Hall–Kier alpha value is -3.83. The maximum atomic E-state index is 11.5. The van der Waals surface area contributed by atoms with E-state index < -0.39 is 10.1 Å². The predicted molar refractivity (Wildman–Crippen MR) is 243 cm³/mol. The Balaban J connectivity index is 1.39. The van der Waals surface area contributed by atoms with E-state index in [9.17, 15) is 13.0 Å². The van der Waals surface area contributed by atoms with Gasteiger partial charge in [0.05, 0.1) is 5.75 Å². The first kappa shape index (κ1) is 42.8. The fourth-order valence-corrected chi connectivity index (χ4v) is 10.2. The van der Waals surface area contributed by atoms with Gasteiger partial charge < -0.3 is 9.80 Å². The number of allylic oxidation sites excluding steroid dienone is 8. The second-order valence-electron chi connectivity index (χ2n) is 16.6. The molecule has 1 N–H and O–H groups in total. The van der Waals surface area contributed by atoms with Gasteiger partial charge in [-0.1, -0.05) is 96.0 Å². The van der Waals surface area contributed by atoms with Crippen LogP contribution in [0.1, 0.15) is 96.3 Å². The third-order valence-electron chi connectivity index (χ3n) is 11.8. The molecule has 0 amide bonds. The summed E-state index contributed by atoms with van der Waals surface area (Å²) in [5, 5.41) is 0. The van der Waals surface area contributed by atoms with Crippen molar-refractivity contribution in [3.8, 4) is 0 Å². The van der Waals surface area contributed by atoms with Gasteiger partial charge in [0, 0.05) is 87.9 Å². The van der Waals surface area contributed by atoms with Crippen molar-refractivity contribution in [3.05, 3.63) is 137 Å². The van der Waals surface area contributed by atoms with Crippen LogP contribution in [-0.2, 0) is 33.7 Å². The second kappa shape index (κ2) is 18.0. The van der Waals surface area contributed by atoms with Crippen LogP contribution in [0.3, 0.4) is 0 Å². The number of para-hydroxylation sites is 2. The summed E-state index contributed by atoms with van der Waals surface area (Å²) in [5.41, 5.74) is 12.1. The van der Waals surface area contributed by atoms with Crippen LogP contribution in [0.15, 0.2) is 120 Å². The normalized spacial score (nSPS) is 20.9. The molecule has 0 spiro atoms. The van der Waals surface area contributed by atoms with Crippen LogP contribution in [0.25, 0.3) is 0 Å². The van der Waals surface area contributed by atoms with Crippen molar-refractivity contribution in [2.75, 3.05) is 35.7 Å². The summed E-state index contributed by atoms with van der Waals surface area (Å²) < 4.78 is 37.5. The summed E-state index contributed by atoms with van der Waals surface area (Å²) in [4.78, 5) is 4.88. The van der Waals surface area contributed by atoms with Gasteiger partial charge in [0.1, 0.15) is 14.1 Å². The number of nitrogens with zero attached hydrogens (tertiary/aromatic N) is 4. The highest BCUT2D eigenvalue weighted by Crippen LogP contribution is 2.49. The third kappa shape index (κ3) is 9.56. The molecule has 0 radical (unpaired) electrons. The number of unbranched alkanes of at least 4 members (excludes halogenated alkanes) is 3. The number of hydrogen-bond donors (Lipinski definition) is 1. The Morgan fingerprint density at radius 1 is 0.807 bits per heavy atom. The lowest BCUT2D eigenvalue weighted by Gasteiger charge is -2.27. The second-order valence-corrected chi connectivity index (χ2v) is 19.8. The van der Waals surface area contributed by atoms with E-state index in [1.807, 2.05) is 11.6 Å². The Labute approximate surface area is 351 Å². The van der Waals surface area contributed by atoms with Crippen molar-refractivity contribution in [3.63, 3.8) is 0 Å². The molecule has 0 atom stereocenters. The van der Waals surface area contributed by atoms with E-state index in [1.54, 1.807) is 11.8 Å². The van der Waals surface area contributed by atoms with Crippen LogP contribution in [0, 0.1) is 0 Å². The van der Waals surface area contributed by atoms with Crippen molar-refractivity contribution < 1.29 is 22.1 Å². The van der Waals surface area contributed by atoms with Crippen LogP contribution >= 0.6 is 24.0 Å². The van der Waals surface area contributed by atoms with Gasteiger partial charge in [-0.3, -0.25) is 4.55 Å². The maximum Gasteiger partial charge on any atom is 0.307 e. The molecule has 1 fully saturated rings. The summed E-state index contributed by atoms with van der Waals surface area (Å²) in [6.07, 6.45) is 19.8. The van der Waals surface area contributed by atoms with E-state index >= 15 is 0 Å². The zero-order chi connectivity index (χ0) is 41.0. The van der Waals surface area contributed by atoms with Crippen molar-refractivity contribution in [1.82, 2.24) is 0 Å². The fraction of sp³-hybridized carbons (Fsp3) is 0.426. The average Bonchev–Trinajstić information content (AvgIpc) is 3.75. The van der Waals surface area contributed by atoms with E-state index in [1.165, 1.54) is 63.5 Å². The highest BCUT2D eigenvalue weighted by Gasteiger charge is 2.41. The van der Waals surface area contributed by atoms with Crippen molar-refractivity contribution in [2.24, 2.45) is 7.05 Å². The zero-order valence-electron chi connectivity index (χ0n) is 34.8. The lowest BCUT2D eigenvalue weighted by Crippen LogP contribution is -2.27. The fourth-order valence-electron chi connectivity index (χ4n) is 8.63. The van der Waals surface area contributed by atoms with E-state index in [4.69, 9.17) is 12.2 Å². The number of pyridine rings is 1. The molecule has 0 unspecified atom stereocenters. The van der Waals surface area contributed by atoms with Gasteiger partial charge in [-0.25, -0.2) is 4.57 Å². The average molecular weight is 825 g/mol. The summed E-state index contributed by atoms with van der Waals surface area (Å²) in [6, 6.07) is 21.7. The van der Waals surface area contributed by atoms with Crippen LogP contribution < -0.4 is 14.4 Å². The van der Waals surface area contributed by atoms with Gasteiger partial charge in [0.25, 0.3) is 10.1 Å². The number of hydrogen-bond acceptors (Lipinski definition) is 6. The molecule has 1 aromatic heterocycles. The lowest BCUT2D eigenvalue weighted by atomic mass is 9.83. The molecule has 0 bridgehead atoms. The maximum absolute atomic E-state index is 11.5. The van der Waals surface area contributed by atoms with Gasteiger partial charge in [-0.15, -0.1) is 0 Å². The number of aromatic nitrogens is 1. The standard InChI is InChI=1S/C47H59N4O3S3/c1-8-9-14-29-50-40-19-12-10-17-38(40)46(2,3)42(50)25-23-36-21-22-37(44(36)49(7)45(55)56-34-35-27-31-48(6)32-28-35)24-26-43-47(4,5)39-18-11-13-20-41(39)51(43)30-15-16-33-57(52,53)54/h10-13,17-20,23-28,31-32H,8-9,14-16,21-22,29-30,33-34H2,1-7H3/q+1/p+1. The molecule has 2 aromatic carbocycles. The SMILES string of the molecule is CCCCCN1C(=CC=C2CC/C(=C\C=C3\N(CCCCS(=O)(=O)O)c4ccccc4C3(C)C)C2=[N+](C)C(=S)SCc2cc[n+](C)cc2)C(C)(C)c2ccccc21. The predicted octanol–water partition coefficient (Wildman–Crippen LogP) is 9.98. The molecular weight excluding hydrogens is 765 g/mol. The molecule has 0 saturated heterocycles. The smallest absolute Gasteiger partial charge is 0.307 e. The Morgan fingerprint density at radius 2 is 1.30 bits per heavy atom. The summed E-state index contributed by atoms with van der Waals surface area (Å²) >= 11 is 7.87. The number of benzene rings is 2. The highest BCUT2D eigenvalue weighted by atomic mass is 32.2. The zero-order valence-corrected chi connectivity index (χ0v) is 37.2. The molecule has 57 heavy (non-hydrogen) atoms. The van der Waals surface area contributed by atoms with Crippen LogP contribution in [-0.4, -0.2) is 53.5 Å². The first-order valence-electron chi connectivity index (χ1n) is 20.4. The number of aryl methyl sites for hydroxylation is 1. The molecule has 1 aliphatic carbocycles. The van der Waals surface area contributed by atoms with Gasteiger partial charge in [-0.2, -0.15) is 13.0 Å². The molecule has 3 aromatic rings. The number of rotatable bonds is 13. The van der Waals surface area contributed by atoms with Crippen LogP contribution in [0.4, 0.5) is 11.4 Å². The van der Waals surface area contributed by atoms with Crippen molar-refractivity contribution in [2.45, 2.75) is 96.1 Å². The minimum Gasteiger partial charge on any atom is -0.344 e. The third-order valence-corrected chi connectivity index (χ3v) is 14.2. The van der Waals surface area contributed by atoms with E-state index in [0.29, 0.717) is 19.4 Å². The minimum atomic E-state index is -4.00. The summed E-state index contributed by atoms with van der Waals surface area (Å²) in [5.74, 6) is 0.563. The van der Waals surface area contributed by atoms with E-state index in [2.05, 4.69) is 153 Å². The minimum absolute atomic E-state index is 0.126. The highest BCUT2D eigenvalue weighted by molar-refractivity contribution is 8.21. The molecule has 1 saturated carbocycles. The number of thioether (sulfide) groups is 1. The first-order valence-corrected chi connectivity index (χ1v) is 23.4. The Bertz CT molecular complexity index is 2250. The molecule has 2 aliphatic heterocycles. The number of anilines is 2. The van der Waals surface area contributed by atoms with Gasteiger partial charge in [0.2, 0.25) is 5.71 Å². The summed E-state index contributed by atoms with van der Waals surface area (Å²) in [7, 11) is 0.147. The van der Waals surface area contributed by atoms with Crippen molar-refractivity contribution >= 4 is 55.5 Å². The molecule has 302 valence electrons. The van der Waals surface area contributed by atoms with E-state index in [-0.39, 0.29) is 16.6 Å². The van der Waals surface area contributed by atoms with Gasteiger partial charge in [0.15, 0.2) is 12.4 Å². The Morgan fingerprint density at radius 3 is 1.79 bits per heavy atom. The first-order chi connectivity index (χ1) is 27.1. The Kier molecular flexibility index (Phi) is 13.5. The summed E-state index contributed by atoms with van der Waals surface area (Å²) in [6.45, 7) is 13.2. The molecule has 3 aliphatic rings. The van der Waals surface area contributed by atoms with Gasteiger partial charge in [-0.05, 0) is 84.8 Å². The number of thiocarbonyl (C=S) groups is 1. The van der Waals surface area contributed by atoms with Crippen molar-refractivity contribution in [1.29, 1.82) is 0 Å². The number of fused-ring (bicyclic) bond motifs is 2. The topological polar surface area (TPSA) is 67.7 Å². The van der Waals surface area contributed by atoms with Crippen LogP contribution in [0.5, 0.6) is 0 Å². The largest absolute Gasteiger partial charge is 0.344 e. The molecule has 7 nitrogen and oxygen atoms in total. The lowest BCUT2D eigenvalue weighted by molar-refractivity contribution is -0.671. The quantitative estimate of drug-likeness (QED) is 0.0797. The van der Waals surface area contributed by atoms with E-state index in [0.717, 1.165) is 41.6 Å². The molecular formula is C47H60N4O3S3+2. The molecule has 6 rings (SSSR count). The van der Waals surface area contributed by atoms with Crippen LogP contribution in [0.2, 0.25) is 0 Å². The molecule has 3 heterocycles.